The number of piperazine rings is 1. The molecule has 3 saturated heterocycles. The number of carbonyl (C=O) groups excluding carboxylic acids is 1. The third-order valence-corrected chi connectivity index (χ3v) is 12.2. The average Bonchev–Trinajstić information content (AvgIpc) is 3.76. The van der Waals surface area contributed by atoms with Crippen LogP contribution in [-0.4, -0.2) is 103 Å². The van der Waals surface area contributed by atoms with Gasteiger partial charge < -0.3 is 19.5 Å². The number of ether oxygens (including phenoxy) is 2. The molecule has 1 aromatic heterocycles. The molecule has 2 aliphatic carbocycles. The van der Waals surface area contributed by atoms with Crippen LogP contribution in [0.2, 0.25) is 4.34 Å². The summed E-state index contributed by atoms with van der Waals surface area (Å²) < 4.78 is 42.3. The van der Waals surface area contributed by atoms with Crippen molar-refractivity contribution in [3.05, 3.63) is 16.5 Å². The molecular weight excluding hydrogens is 526 g/mol. The van der Waals surface area contributed by atoms with Crippen molar-refractivity contribution >= 4 is 39.1 Å². The Labute approximate surface area is 221 Å². The number of rotatable bonds is 8. The zero-order valence-electron chi connectivity index (χ0n) is 20.3. The second-order valence-corrected chi connectivity index (χ2v) is 14.7. The number of amides is 1. The standard InChI is InChI=1S/C24H34ClN3O6S2/c25-21-5-6-22(35-21)36(31,32)28-19(11-16-1-2-16)14-33-15-20(28)24(7-8-24)34-23(30)26-12-17-3-4-18(13-26)27(17)9-10-29/h5-6,16-20,29H,1-4,7-15H2/t17?,18?,19-,20-/m1/s1. The molecule has 36 heavy (non-hydrogen) atoms. The third-order valence-electron chi connectivity index (χ3n) is 8.53. The molecule has 2 unspecified atom stereocenters. The molecule has 1 aromatic rings. The molecule has 2 bridgehead atoms. The van der Waals surface area contributed by atoms with E-state index in [1.807, 2.05) is 0 Å². The summed E-state index contributed by atoms with van der Waals surface area (Å²) in [5.41, 5.74) is -0.866. The Hall–Kier alpha value is -0.950. The van der Waals surface area contributed by atoms with E-state index in [9.17, 15) is 18.3 Å². The second kappa shape index (κ2) is 9.66. The summed E-state index contributed by atoms with van der Waals surface area (Å²) in [6.07, 6.45) is 5.88. The van der Waals surface area contributed by atoms with Gasteiger partial charge in [0.1, 0.15) is 9.81 Å². The third kappa shape index (κ3) is 4.69. The van der Waals surface area contributed by atoms with Gasteiger partial charge in [0.25, 0.3) is 10.0 Å². The quantitative estimate of drug-likeness (QED) is 0.523. The highest BCUT2D eigenvalue weighted by molar-refractivity contribution is 7.91. The van der Waals surface area contributed by atoms with Crippen LogP contribution in [0.3, 0.4) is 0 Å². The lowest BCUT2D eigenvalue weighted by molar-refractivity contribution is -0.0764. The van der Waals surface area contributed by atoms with Gasteiger partial charge in [0.15, 0.2) is 0 Å². The van der Waals surface area contributed by atoms with Gasteiger partial charge in [-0.25, -0.2) is 13.2 Å². The number of morpholine rings is 1. The van der Waals surface area contributed by atoms with Crippen LogP contribution in [-0.2, 0) is 19.5 Å². The Kier molecular flexibility index (Phi) is 6.80. The molecule has 12 heteroatoms. The van der Waals surface area contributed by atoms with E-state index in [4.69, 9.17) is 21.1 Å². The number of thiophene rings is 1. The fourth-order valence-electron chi connectivity index (χ4n) is 6.40. The SMILES string of the molecule is O=C(OC1([C@H]2COC[C@@H](CC3CC3)N2S(=O)(=O)c2ccc(Cl)s2)CC1)N1CC2CCC(C1)N2CCO. The van der Waals surface area contributed by atoms with E-state index in [0.717, 1.165) is 43.4 Å². The summed E-state index contributed by atoms with van der Waals surface area (Å²) in [6.45, 7) is 2.46. The number of hydrogen-bond acceptors (Lipinski definition) is 8. The molecule has 6 rings (SSSR count). The minimum absolute atomic E-state index is 0.115. The number of nitrogens with zero attached hydrogens (tertiary/aromatic N) is 3. The molecular formula is C24H34ClN3O6S2. The van der Waals surface area contributed by atoms with Crippen molar-refractivity contribution in [1.82, 2.24) is 14.1 Å². The van der Waals surface area contributed by atoms with Crippen LogP contribution in [0.1, 0.15) is 44.9 Å². The first kappa shape index (κ1) is 25.3. The number of halogens is 1. The van der Waals surface area contributed by atoms with E-state index in [2.05, 4.69) is 4.90 Å². The average molecular weight is 560 g/mol. The largest absolute Gasteiger partial charge is 0.441 e. The maximum atomic E-state index is 13.9. The molecule has 3 aliphatic heterocycles. The number of aliphatic hydroxyl groups excluding tert-OH is 1. The summed E-state index contributed by atoms with van der Waals surface area (Å²) in [5.74, 6) is 0.519. The lowest BCUT2D eigenvalue weighted by Gasteiger charge is -2.45. The molecule has 0 aromatic carbocycles. The van der Waals surface area contributed by atoms with Crippen LogP contribution in [0.5, 0.6) is 0 Å². The van der Waals surface area contributed by atoms with Crippen LogP contribution >= 0.6 is 22.9 Å². The number of fused-ring (bicyclic) bond motifs is 2. The van der Waals surface area contributed by atoms with E-state index < -0.39 is 21.7 Å². The summed E-state index contributed by atoms with van der Waals surface area (Å²) in [7, 11) is -3.83. The Bertz CT molecular complexity index is 1080. The first-order valence-electron chi connectivity index (χ1n) is 13.0. The Morgan fingerprint density at radius 3 is 2.47 bits per heavy atom. The number of carbonyl (C=O) groups is 1. The van der Waals surface area contributed by atoms with Gasteiger partial charge in [-0.2, -0.15) is 4.31 Å². The summed E-state index contributed by atoms with van der Waals surface area (Å²) in [4.78, 5) is 17.5. The molecule has 1 N–H and O–H groups in total. The molecule has 2 saturated carbocycles. The first-order valence-corrected chi connectivity index (χ1v) is 15.7. The van der Waals surface area contributed by atoms with E-state index in [0.29, 0.717) is 49.3 Å². The maximum absolute atomic E-state index is 13.9. The van der Waals surface area contributed by atoms with Gasteiger partial charge in [-0.1, -0.05) is 24.4 Å². The molecule has 0 spiro atoms. The van der Waals surface area contributed by atoms with Gasteiger partial charge in [0.05, 0.1) is 30.2 Å². The highest BCUT2D eigenvalue weighted by Gasteiger charge is 2.61. The lowest BCUT2D eigenvalue weighted by atomic mass is 10.0. The molecule has 4 heterocycles. The molecule has 9 nitrogen and oxygen atoms in total. The number of hydrogen-bond donors (Lipinski definition) is 1. The van der Waals surface area contributed by atoms with Gasteiger partial charge in [-0.15, -0.1) is 11.3 Å². The predicted octanol–water partition coefficient (Wildman–Crippen LogP) is 2.77. The van der Waals surface area contributed by atoms with E-state index in [-0.39, 0.29) is 41.6 Å². The maximum Gasteiger partial charge on any atom is 0.410 e. The van der Waals surface area contributed by atoms with Crippen molar-refractivity contribution in [1.29, 1.82) is 0 Å². The van der Waals surface area contributed by atoms with Gasteiger partial charge in [0.2, 0.25) is 0 Å². The number of sulfonamides is 1. The minimum atomic E-state index is -3.83. The van der Waals surface area contributed by atoms with E-state index in [1.165, 1.54) is 0 Å². The Morgan fingerprint density at radius 1 is 1.17 bits per heavy atom. The monoisotopic (exact) mass is 559 g/mol. The van der Waals surface area contributed by atoms with Crippen molar-refractivity contribution in [3.8, 4) is 0 Å². The highest BCUT2D eigenvalue weighted by atomic mass is 35.5. The normalized spacial score (nSPS) is 32.6. The first-order chi connectivity index (χ1) is 17.3. The summed E-state index contributed by atoms with van der Waals surface area (Å²) in [5, 5.41) is 9.40. The Morgan fingerprint density at radius 2 is 1.89 bits per heavy atom. The van der Waals surface area contributed by atoms with Crippen LogP contribution in [0, 0.1) is 5.92 Å². The smallest absolute Gasteiger partial charge is 0.410 e. The van der Waals surface area contributed by atoms with Crippen molar-refractivity contribution in [3.63, 3.8) is 0 Å². The zero-order chi connectivity index (χ0) is 25.1. The molecule has 5 aliphatic rings. The van der Waals surface area contributed by atoms with Crippen LogP contribution in [0.15, 0.2) is 16.3 Å². The fraction of sp³-hybridized carbons (Fsp3) is 0.792. The van der Waals surface area contributed by atoms with Gasteiger partial charge in [-0.3, -0.25) is 4.90 Å². The van der Waals surface area contributed by atoms with E-state index >= 15 is 0 Å². The molecule has 0 radical (unpaired) electrons. The van der Waals surface area contributed by atoms with Crippen LogP contribution < -0.4 is 0 Å². The highest BCUT2D eigenvalue weighted by Crippen LogP contribution is 2.50. The molecule has 4 atom stereocenters. The van der Waals surface area contributed by atoms with Crippen LogP contribution in [0.25, 0.3) is 0 Å². The lowest BCUT2D eigenvalue weighted by Crippen LogP contribution is -2.62. The van der Waals surface area contributed by atoms with Gasteiger partial charge >= 0.3 is 6.09 Å². The summed E-state index contributed by atoms with van der Waals surface area (Å²) in [6, 6.07) is 2.81. The predicted molar refractivity (Wildman–Crippen MR) is 135 cm³/mol. The van der Waals surface area contributed by atoms with E-state index in [1.54, 1.807) is 21.3 Å². The van der Waals surface area contributed by atoms with Crippen molar-refractivity contribution in [2.75, 3.05) is 39.5 Å². The molecule has 5 fully saturated rings. The van der Waals surface area contributed by atoms with Gasteiger partial charge in [0, 0.05) is 37.8 Å². The van der Waals surface area contributed by atoms with Crippen molar-refractivity contribution in [2.45, 2.75) is 78.9 Å². The second-order valence-electron chi connectivity index (χ2n) is 11.0. The summed E-state index contributed by atoms with van der Waals surface area (Å²) >= 11 is 7.17. The van der Waals surface area contributed by atoms with Crippen molar-refractivity contribution < 1.29 is 27.8 Å². The Balaban J connectivity index is 1.23. The number of aliphatic hydroxyl groups is 1. The molecule has 200 valence electrons. The zero-order valence-corrected chi connectivity index (χ0v) is 22.6. The van der Waals surface area contributed by atoms with Gasteiger partial charge in [-0.05, 0) is 50.2 Å². The fourth-order valence-corrected chi connectivity index (χ4v) is 9.84. The van der Waals surface area contributed by atoms with Crippen molar-refractivity contribution in [2.24, 2.45) is 5.92 Å². The minimum Gasteiger partial charge on any atom is -0.441 e. The molecule has 1 amide bonds. The topological polar surface area (TPSA) is 99.6 Å². The number of likely N-dealkylation sites (tertiary alicyclic amines) is 1. The van der Waals surface area contributed by atoms with Crippen LogP contribution in [0.4, 0.5) is 4.79 Å².